The summed E-state index contributed by atoms with van der Waals surface area (Å²) >= 11 is 5.98. The van der Waals surface area contributed by atoms with Gasteiger partial charge >= 0.3 is 0 Å². The monoisotopic (exact) mass is 212 g/mol. The van der Waals surface area contributed by atoms with Crippen LogP contribution in [0, 0.1) is 5.82 Å². The van der Waals surface area contributed by atoms with Gasteiger partial charge < -0.3 is 0 Å². The summed E-state index contributed by atoms with van der Waals surface area (Å²) in [6.45, 7) is 2.06. The van der Waals surface area contributed by atoms with Crippen LogP contribution >= 0.6 is 24.0 Å². The highest BCUT2D eigenvalue weighted by molar-refractivity contribution is 7.83. The molecule has 0 fully saturated rings. The van der Waals surface area contributed by atoms with Gasteiger partial charge in [0, 0.05) is 4.70 Å². The Morgan fingerprint density at radius 2 is 2.23 bits per heavy atom. The van der Waals surface area contributed by atoms with Crippen molar-refractivity contribution in [3.8, 4) is 0 Å². The Balaban J connectivity index is 2.80. The first-order valence-corrected chi connectivity index (χ1v) is 5.38. The van der Waals surface area contributed by atoms with Gasteiger partial charge in [-0.3, -0.25) is 0 Å². The lowest BCUT2D eigenvalue weighted by molar-refractivity contribution is 0.629. The van der Waals surface area contributed by atoms with E-state index < -0.39 is 0 Å². The lowest BCUT2D eigenvalue weighted by atomic mass is 10.1. The first-order valence-electron chi connectivity index (χ1n) is 4.12. The molecule has 0 aliphatic heterocycles. The summed E-state index contributed by atoms with van der Waals surface area (Å²) in [5.41, 5.74) is 1.16. The number of benzene rings is 1. The maximum atomic E-state index is 12.9. The van der Waals surface area contributed by atoms with Gasteiger partial charge in [-0.25, -0.2) is 4.39 Å². The van der Waals surface area contributed by atoms with Crippen molar-refractivity contribution in [3.63, 3.8) is 0 Å². The number of rotatable bonds is 1. The highest BCUT2D eigenvalue weighted by Gasteiger charge is 2.07. The van der Waals surface area contributed by atoms with Gasteiger partial charge in [-0.2, -0.15) is 0 Å². The second kappa shape index (κ2) is 3.31. The van der Waals surface area contributed by atoms with Crippen molar-refractivity contribution < 1.29 is 4.39 Å². The third-order valence-electron chi connectivity index (χ3n) is 2.09. The molecule has 0 radical (unpaired) electrons. The molecular formula is C10H9FS2. The SMILES string of the molecule is CCc1c(S)sc2ccc(F)cc12. The molecule has 0 aliphatic carbocycles. The maximum absolute atomic E-state index is 12.9. The molecule has 1 aromatic carbocycles. The van der Waals surface area contributed by atoms with Crippen LogP contribution in [0.2, 0.25) is 0 Å². The van der Waals surface area contributed by atoms with Gasteiger partial charge in [-0.15, -0.1) is 24.0 Å². The fraction of sp³-hybridized carbons (Fsp3) is 0.200. The smallest absolute Gasteiger partial charge is 0.123 e. The van der Waals surface area contributed by atoms with Crippen LogP contribution in [-0.2, 0) is 6.42 Å². The van der Waals surface area contributed by atoms with Gasteiger partial charge in [0.15, 0.2) is 0 Å². The van der Waals surface area contributed by atoms with Gasteiger partial charge in [0.05, 0.1) is 4.21 Å². The van der Waals surface area contributed by atoms with Crippen LogP contribution in [0.5, 0.6) is 0 Å². The van der Waals surface area contributed by atoms with E-state index in [0.717, 1.165) is 26.3 Å². The molecule has 0 amide bonds. The van der Waals surface area contributed by atoms with E-state index >= 15 is 0 Å². The first-order chi connectivity index (χ1) is 6.22. The standard InChI is InChI=1S/C10H9FS2/c1-2-7-8-5-6(11)3-4-9(8)13-10(7)12/h3-5,12H,2H2,1H3. The third-order valence-corrected chi connectivity index (χ3v) is 3.64. The predicted octanol–water partition coefficient (Wildman–Crippen LogP) is 3.89. The highest BCUT2D eigenvalue weighted by Crippen LogP contribution is 2.34. The molecule has 0 aliphatic rings. The molecule has 0 saturated carbocycles. The average molecular weight is 212 g/mol. The Hall–Kier alpha value is -0.540. The van der Waals surface area contributed by atoms with E-state index in [2.05, 4.69) is 19.6 Å². The van der Waals surface area contributed by atoms with Crippen LogP contribution in [0.4, 0.5) is 4.39 Å². The Bertz CT molecular complexity index is 445. The van der Waals surface area contributed by atoms with Crippen LogP contribution in [0.15, 0.2) is 22.4 Å². The van der Waals surface area contributed by atoms with Gasteiger partial charge in [0.2, 0.25) is 0 Å². The van der Waals surface area contributed by atoms with Crippen molar-refractivity contribution in [1.82, 2.24) is 0 Å². The molecule has 0 nitrogen and oxygen atoms in total. The highest BCUT2D eigenvalue weighted by atomic mass is 32.2. The molecule has 0 N–H and O–H groups in total. The van der Waals surface area contributed by atoms with Crippen molar-refractivity contribution in [2.45, 2.75) is 17.6 Å². The van der Waals surface area contributed by atoms with Crippen molar-refractivity contribution in [3.05, 3.63) is 29.6 Å². The third kappa shape index (κ3) is 1.46. The zero-order chi connectivity index (χ0) is 9.42. The molecule has 0 atom stereocenters. The zero-order valence-electron chi connectivity index (χ0n) is 7.17. The average Bonchev–Trinajstić information content (AvgIpc) is 2.40. The molecule has 68 valence electrons. The minimum absolute atomic E-state index is 0.173. The Kier molecular flexibility index (Phi) is 2.30. The van der Waals surface area contributed by atoms with Gasteiger partial charge in [0.25, 0.3) is 0 Å². The minimum atomic E-state index is -0.173. The fourth-order valence-electron chi connectivity index (χ4n) is 1.45. The molecule has 0 bridgehead atoms. The number of thiol groups is 1. The van der Waals surface area contributed by atoms with Crippen LogP contribution in [0.25, 0.3) is 10.1 Å². The fourth-order valence-corrected chi connectivity index (χ4v) is 3.04. The number of thiophene rings is 1. The van der Waals surface area contributed by atoms with E-state index in [1.54, 1.807) is 17.4 Å². The largest absolute Gasteiger partial charge is 0.207 e. The summed E-state index contributed by atoms with van der Waals surface area (Å²) in [5.74, 6) is -0.173. The van der Waals surface area contributed by atoms with E-state index in [0.29, 0.717) is 0 Å². The van der Waals surface area contributed by atoms with E-state index in [9.17, 15) is 4.39 Å². The minimum Gasteiger partial charge on any atom is -0.207 e. The lowest BCUT2D eigenvalue weighted by Crippen LogP contribution is -1.78. The first kappa shape index (κ1) is 9.03. The molecule has 1 aromatic heterocycles. The van der Waals surface area contributed by atoms with E-state index in [1.807, 2.05) is 6.07 Å². The molecule has 0 unspecified atom stereocenters. The second-order valence-electron chi connectivity index (χ2n) is 2.88. The Morgan fingerprint density at radius 1 is 1.46 bits per heavy atom. The summed E-state index contributed by atoms with van der Waals surface area (Å²) in [5, 5.41) is 1.01. The van der Waals surface area contributed by atoms with Crippen LogP contribution in [0.3, 0.4) is 0 Å². The number of halogens is 1. The summed E-state index contributed by atoms with van der Waals surface area (Å²) in [4.78, 5) is 0. The molecule has 0 spiro atoms. The molecule has 2 rings (SSSR count). The molecule has 13 heavy (non-hydrogen) atoms. The van der Waals surface area contributed by atoms with Gasteiger partial charge in [-0.05, 0) is 35.6 Å². The van der Waals surface area contributed by atoms with E-state index in [-0.39, 0.29) is 5.82 Å². The molecule has 1 heterocycles. The number of hydrogen-bond acceptors (Lipinski definition) is 2. The molecule has 0 saturated heterocycles. The number of aryl methyl sites for hydroxylation is 1. The predicted molar refractivity (Wildman–Crippen MR) is 58.4 cm³/mol. The van der Waals surface area contributed by atoms with Gasteiger partial charge in [0.1, 0.15) is 5.82 Å². The van der Waals surface area contributed by atoms with E-state index in [4.69, 9.17) is 0 Å². The van der Waals surface area contributed by atoms with Gasteiger partial charge in [-0.1, -0.05) is 6.92 Å². The summed E-state index contributed by atoms with van der Waals surface area (Å²) < 4.78 is 15.1. The second-order valence-corrected chi connectivity index (χ2v) is 4.68. The van der Waals surface area contributed by atoms with Crippen molar-refractivity contribution in [1.29, 1.82) is 0 Å². The van der Waals surface area contributed by atoms with Crippen LogP contribution in [-0.4, -0.2) is 0 Å². The topological polar surface area (TPSA) is 0 Å². The van der Waals surface area contributed by atoms with Crippen molar-refractivity contribution >= 4 is 34.1 Å². The Labute approximate surface area is 85.8 Å². The normalized spacial score (nSPS) is 11.0. The summed E-state index contributed by atoms with van der Waals surface area (Å²) in [6, 6.07) is 4.89. The zero-order valence-corrected chi connectivity index (χ0v) is 8.88. The quantitative estimate of drug-likeness (QED) is 0.681. The van der Waals surface area contributed by atoms with Crippen molar-refractivity contribution in [2.24, 2.45) is 0 Å². The number of hydrogen-bond donors (Lipinski definition) is 1. The summed E-state index contributed by atoms with van der Waals surface area (Å²) in [7, 11) is 0. The molecule has 2 aromatic rings. The van der Waals surface area contributed by atoms with Crippen LogP contribution in [0.1, 0.15) is 12.5 Å². The molecule has 3 heteroatoms. The van der Waals surface area contributed by atoms with Crippen LogP contribution < -0.4 is 0 Å². The number of fused-ring (bicyclic) bond motifs is 1. The summed E-state index contributed by atoms with van der Waals surface area (Å²) in [6.07, 6.45) is 0.905. The Morgan fingerprint density at radius 3 is 2.92 bits per heavy atom. The maximum Gasteiger partial charge on any atom is 0.123 e. The molecular weight excluding hydrogens is 203 g/mol. The van der Waals surface area contributed by atoms with E-state index in [1.165, 1.54) is 6.07 Å². The lowest BCUT2D eigenvalue weighted by Gasteiger charge is -1.94. The van der Waals surface area contributed by atoms with Crippen molar-refractivity contribution in [2.75, 3.05) is 0 Å².